The van der Waals surface area contributed by atoms with Crippen molar-refractivity contribution in [1.29, 1.82) is 0 Å². The van der Waals surface area contributed by atoms with E-state index in [4.69, 9.17) is 5.84 Å². The van der Waals surface area contributed by atoms with Crippen LogP contribution in [0.4, 0.5) is 4.39 Å². The van der Waals surface area contributed by atoms with E-state index in [0.29, 0.717) is 11.5 Å². The van der Waals surface area contributed by atoms with Crippen LogP contribution in [0.1, 0.15) is 37.3 Å². The van der Waals surface area contributed by atoms with Crippen molar-refractivity contribution in [2.75, 3.05) is 0 Å². The largest absolute Gasteiger partial charge is 0.271 e. The lowest BCUT2D eigenvalue weighted by atomic mass is 9.92. The number of benzene rings is 1. The molecule has 1 atom stereocenters. The average Bonchev–Trinajstić information content (AvgIpc) is 2.75. The van der Waals surface area contributed by atoms with Crippen molar-refractivity contribution in [3.63, 3.8) is 0 Å². The van der Waals surface area contributed by atoms with Gasteiger partial charge < -0.3 is 0 Å². The van der Waals surface area contributed by atoms with Gasteiger partial charge in [-0.15, -0.1) is 0 Å². The van der Waals surface area contributed by atoms with Crippen LogP contribution < -0.4 is 11.3 Å². The van der Waals surface area contributed by atoms with Crippen LogP contribution in [0.5, 0.6) is 0 Å². The van der Waals surface area contributed by atoms with Gasteiger partial charge in [-0.05, 0) is 24.8 Å². The first-order valence-corrected chi connectivity index (χ1v) is 5.53. The normalized spacial score (nSPS) is 19.3. The molecule has 0 radical (unpaired) electrons. The summed E-state index contributed by atoms with van der Waals surface area (Å²) in [6, 6.07) is 6.85. The Bertz CT molecular complexity index is 321. The van der Waals surface area contributed by atoms with Gasteiger partial charge in [0.15, 0.2) is 0 Å². The molecule has 1 unspecified atom stereocenters. The molecule has 0 heterocycles. The fraction of sp³-hybridized carbons (Fsp3) is 0.500. The van der Waals surface area contributed by atoms with Crippen molar-refractivity contribution in [2.24, 2.45) is 11.8 Å². The Hall–Kier alpha value is -0.930. The molecule has 82 valence electrons. The molecule has 1 saturated carbocycles. The van der Waals surface area contributed by atoms with Crippen molar-refractivity contribution < 1.29 is 4.39 Å². The molecule has 0 spiro atoms. The minimum absolute atomic E-state index is 0.0336. The molecular weight excluding hydrogens is 191 g/mol. The molecule has 0 aliphatic heterocycles. The summed E-state index contributed by atoms with van der Waals surface area (Å²) in [6.07, 6.45) is 4.75. The standard InChI is InChI=1S/C12H17FN2/c13-11-8-4-3-7-10(11)12(15-14)9-5-1-2-6-9/h3-4,7-9,12,15H,1-2,5-6,14H2. The van der Waals surface area contributed by atoms with Crippen LogP contribution in [0.2, 0.25) is 0 Å². The van der Waals surface area contributed by atoms with Crippen LogP contribution in [0, 0.1) is 11.7 Å². The second kappa shape index (κ2) is 4.73. The van der Waals surface area contributed by atoms with Crippen molar-refractivity contribution in [3.8, 4) is 0 Å². The highest BCUT2D eigenvalue weighted by Gasteiger charge is 2.26. The van der Waals surface area contributed by atoms with Gasteiger partial charge in [0.1, 0.15) is 5.82 Å². The summed E-state index contributed by atoms with van der Waals surface area (Å²) >= 11 is 0. The fourth-order valence-corrected chi connectivity index (χ4v) is 2.50. The van der Waals surface area contributed by atoms with Crippen LogP contribution >= 0.6 is 0 Å². The third-order valence-electron chi connectivity index (χ3n) is 3.29. The molecular formula is C12H17FN2. The Labute approximate surface area is 89.6 Å². The highest BCUT2D eigenvalue weighted by molar-refractivity contribution is 5.22. The molecule has 1 aromatic carbocycles. The molecule has 1 aromatic rings. The van der Waals surface area contributed by atoms with Gasteiger partial charge in [-0.1, -0.05) is 31.0 Å². The van der Waals surface area contributed by atoms with Gasteiger partial charge >= 0.3 is 0 Å². The molecule has 3 heteroatoms. The smallest absolute Gasteiger partial charge is 0.128 e. The Morgan fingerprint density at radius 3 is 2.53 bits per heavy atom. The molecule has 2 nitrogen and oxygen atoms in total. The van der Waals surface area contributed by atoms with E-state index >= 15 is 0 Å². The molecule has 2 rings (SSSR count). The number of hydrogen-bond acceptors (Lipinski definition) is 2. The van der Waals surface area contributed by atoms with E-state index in [1.165, 1.54) is 18.9 Å². The van der Waals surface area contributed by atoms with Gasteiger partial charge in [0, 0.05) is 5.56 Å². The molecule has 1 aliphatic carbocycles. The van der Waals surface area contributed by atoms with E-state index in [2.05, 4.69) is 5.43 Å². The third-order valence-corrected chi connectivity index (χ3v) is 3.29. The lowest BCUT2D eigenvalue weighted by Gasteiger charge is -2.23. The van der Waals surface area contributed by atoms with Crippen LogP contribution in [0.15, 0.2) is 24.3 Å². The lowest BCUT2D eigenvalue weighted by Crippen LogP contribution is -2.33. The first kappa shape index (κ1) is 10.6. The number of halogens is 1. The van der Waals surface area contributed by atoms with Crippen molar-refractivity contribution in [1.82, 2.24) is 5.43 Å². The minimum atomic E-state index is -0.160. The predicted molar refractivity (Wildman–Crippen MR) is 58.4 cm³/mol. The summed E-state index contributed by atoms with van der Waals surface area (Å²) < 4.78 is 13.6. The average molecular weight is 208 g/mol. The Morgan fingerprint density at radius 2 is 1.93 bits per heavy atom. The van der Waals surface area contributed by atoms with Gasteiger partial charge in [0.25, 0.3) is 0 Å². The highest BCUT2D eigenvalue weighted by atomic mass is 19.1. The number of hydrazine groups is 1. The number of rotatable bonds is 3. The highest BCUT2D eigenvalue weighted by Crippen LogP contribution is 2.35. The van der Waals surface area contributed by atoms with Gasteiger partial charge in [-0.25, -0.2) is 4.39 Å². The topological polar surface area (TPSA) is 38.0 Å². The Morgan fingerprint density at radius 1 is 1.27 bits per heavy atom. The van der Waals surface area contributed by atoms with E-state index in [1.54, 1.807) is 6.07 Å². The van der Waals surface area contributed by atoms with Crippen molar-refractivity contribution in [3.05, 3.63) is 35.6 Å². The van der Waals surface area contributed by atoms with E-state index in [-0.39, 0.29) is 11.9 Å². The summed E-state index contributed by atoms with van der Waals surface area (Å²) in [7, 11) is 0. The molecule has 15 heavy (non-hydrogen) atoms. The second-order valence-corrected chi connectivity index (χ2v) is 4.21. The van der Waals surface area contributed by atoms with Crippen molar-refractivity contribution >= 4 is 0 Å². The molecule has 0 amide bonds. The molecule has 0 bridgehead atoms. The van der Waals surface area contributed by atoms with Crippen LogP contribution in [0.3, 0.4) is 0 Å². The van der Waals surface area contributed by atoms with Gasteiger partial charge in [0.2, 0.25) is 0 Å². The SMILES string of the molecule is NNC(c1ccccc1F)C1CCCC1. The van der Waals surface area contributed by atoms with E-state index < -0.39 is 0 Å². The first-order chi connectivity index (χ1) is 7.33. The third kappa shape index (κ3) is 2.19. The van der Waals surface area contributed by atoms with E-state index in [0.717, 1.165) is 12.8 Å². The first-order valence-electron chi connectivity index (χ1n) is 5.53. The zero-order valence-electron chi connectivity index (χ0n) is 8.75. The summed E-state index contributed by atoms with van der Waals surface area (Å²) in [5, 5.41) is 0. The fourth-order valence-electron chi connectivity index (χ4n) is 2.50. The van der Waals surface area contributed by atoms with E-state index in [1.807, 2.05) is 12.1 Å². The van der Waals surface area contributed by atoms with Crippen LogP contribution in [0.25, 0.3) is 0 Å². The van der Waals surface area contributed by atoms with E-state index in [9.17, 15) is 4.39 Å². The quantitative estimate of drug-likeness (QED) is 0.591. The van der Waals surface area contributed by atoms with Gasteiger partial charge in [-0.3, -0.25) is 11.3 Å². The second-order valence-electron chi connectivity index (χ2n) is 4.21. The van der Waals surface area contributed by atoms with Crippen molar-refractivity contribution in [2.45, 2.75) is 31.7 Å². The molecule has 0 saturated heterocycles. The maximum Gasteiger partial charge on any atom is 0.128 e. The van der Waals surface area contributed by atoms with Gasteiger partial charge in [0.05, 0.1) is 6.04 Å². The van der Waals surface area contributed by atoms with Crippen LogP contribution in [-0.2, 0) is 0 Å². The molecule has 1 aliphatic rings. The predicted octanol–water partition coefficient (Wildman–Crippen LogP) is 2.52. The van der Waals surface area contributed by atoms with Gasteiger partial charge in [-0.2, -0.15) is 0 Å². The number of nitrogens with one attached hydrogen (secondary N) is 1. The molecule has 1 fully saturated rings. The summed E-state index contributed by atoms with van der Waals surface area (Å²) in [4.78, 5) is 0. The lowest BCUT2D eigenvalue weighted by molar-refractivity contribution is 0.362. The summed E-state index contributed by atoms with van der Waals surface area (Å²) in [6.45, 7) is 0. The number of hydrogen-bond donors (Lipinski definition) is 2. The molecule has 3 N–H and O–H groups in total. The number of nitrogens with two attached hydrogens (primary N) is 1. The summed E-state index contributed by atoms with van der Waals surface area (Å²) in [5.41, 5.74) is 3.46. The Balaban J connectivity index is 2.22. The maximum atomic E-state index is 13.6. The Kier molecular flexibility index (Phi) is 3.34. The van der Waals surface area contributed by atoms with Crippen LogP contribution in [-0.4, -0.2) is 0 Å². The minimum Gasteiger partial charge on any atom is -0.271 e. The monoisotopic (exact) mass is 208 g/mol. The zero-order valence-corrected chi connectivity index (χ0v) is 8.75. The zero-order chi connectivity index (χ0) is 10.7. The maximum absolute atomic E-state index is 13.6. The summed E-state index contributed by atoms with van der Waals surface area (Å²) in [5.74, 6) is 5.86. The molecule has 0 aromatic heterocycles.